The highest BCUT2D eigenvalue weighted by atomic mass is 32.1. The van der Waals surface area contributed by atoms with Gasteiger partial charge in [-0.15, -0.1) is 11.3 Å². The molecule has 8 heteroatoms. The third-order valence-corrected chi connectivity index (χ3v) is 4.89. The van der Waals surface area contributed by atoms with Crippen molar-refractivity contribution >= 4 is 17.2 Å². The first-order chi connectivity index (χ1) is 12.6. The Kier molecular flexibility index (Phi) is 4.94. The lowest BCUT2D eigenvalue weighted by Crippen LogP contribution is -2.42. The van der Waals surface area contributed by atoms with Crippen LogP contribution < -0.4 is 5.32 Å². The van der Waals surface area contributed by atoms with E-state index < -0.39 is 5.54 Å². The zero-order valence-electron chi connectivity index (χ0n) is 16.4. The Bertz CT molecular complexity index is 933. The predicted molar refractivity (Wildman–Crippen MR) is 102 cm³/mol. The van der Waals surface area contributed by atoms with Crippen LogP contribution in [-0.2, 0) is 22.2 Å². The van der Waals surface area contributed by atoms with Crippen LogP contribution in [0, 0.1) is 6.92 Å². The summed E-state index contributed by atoms with van der Waals surface area (Å²) in [4.78, 5) is 22.4. The maximum atomic E-state index is 12.6. The topological polar surface area (TPSA) is 94.1 Å². The van der Waals surface area contributed by atoms with Gasteiger partial charge in [0.2, 0.25) is 17.7 Å². The average Bonchev–Trinajstić information content (AvgIpc) is 3.26. The Morgan fingerprint density at radius 2 is 1.96 bits per heavy atom. The first-order valence-corrected chi connectivity index (χ1v) is 9.60. The first-order valence-electron chi connectivity index (χ1n) is 8.72. The molecule has 0 atom stereocenters. The van der Waals surface area contributed by atoms with E-state index in [0.29, 0.717) is 29.1 Å². The smallest absolute Gasteiger partial charge is 0.236 e. The number of amides is 1. The van der Waals surface area contributed by atoms with Crippen LogP contribution in [-0.4, -0.2) is 21.0 Å². The molecule has 0 saturated heterocycles. The van der Waals surface area contributed by atoms with Crippen molar-refractivity contribution in [1.29, 1.82) is 0 Å². The van der Waals surface area contributed by atoms with Crippen molar-refractivity contribution in [3.05, 3.63) is 40.7 Å². The van der Waals surface area contributed by atoms with Gasteiger partial charge in [0, 0.05) is 5.41 Å². The Hall–Kier alpha value is -2.48. The molecule has 0 aliphatic heterocycles. The second-order valence-corrected chi connectivity index (χ2v) is 8.97. The predicted octanol–water partition coefficient (Wildman–Crippen LogP) is 3.99. The van der Waals surface area contributed by atoms with Crippen LogP contribution in [0.5, 0.6) is 0 Å². The Morgan fingerprint density at radius 1 is 1.22 bits per heavy atom. The van der Waals surface area contributed by atoms with Gasteiger partial charge in [-0.25, -0.2) is 4.98 Å². The van der Waals surface area contributed by atoms with E-state index in [4.69, 9.17) is 8.94 Å². The van der Waals surface area contributed by atoms with Gasteiger partial charge < -0.3 is 14.3 Å². The molecule has 0 fully saturated rings. The molecule has 144 valence electrons. The number of nitrogens with one attached hydrogen (secondary N) is 1. The zero-order chi connectivity index (χ0) is 19.8. The summed E-state index contributed by atoms with van der Waals surface area (Å²) < 4.78 is 11.0. The number of oxazole rings is 1. The third-order valence-electron chi connectivity index (χ3n) is 4.03. The van der Waals surface area contributed by atoms with Gasteiger partial charge >= 0.3 is 0 Å². The van der Waals surface area contributed by atoms with Crippen LogP contribution in [0.2, 0.25) is 0 Å². The van der Waals surface area contributed by atoms with Gasteiger partial charge in [-0.3, -0.25) is 4.79 Å². The van der Waals surface area contributed by atoms with Crippen LogP contribution >= 0.6 is 11.3 Å². The van der Waals surface area contributed by atoms with Gasteiger partial charge in [-0.2, -0.15) is 4.98 Å². The minimum Gasteiger partial charge on any atom is -0.440 e. The van der Waals surface area contributed by atoms with Gasteiger partial charge in [0.05, 0.1) is 22.5 Å². The molecule has 0 aliphatic rings. The molecule has 27 heavy (non-hydrogen) atoms. The summed E-state index contributed by atoms with van der Waals surface area (Å²) >= 11 is 1.54. The Morgan fingerprint density at radius 3 is 2.56 bits per heavy atom. The Balaban J connectivity index is 1.71. The second kappa shape index (κ2) is 6.92. The van der Waals surface area contributed by atoms with E-state index in [1.54, 1.807) is 11.3 Å². The molecular weight excluding hydrogens is 364 g/mol. The standard InChI is InChI=1S/C19H24N4O3S/c1-11-12(20-15(25-11)13-8-7-9-27-13)10-14(24)22-19(5,6)16-21-17(26-23-16)18(2,3)4/h7-9H,10H2,1-6H3,(H,22,24). The third kappa shape index (κ3) is 4.27. The lowest BCUT2D eigenvalue weighted by Gasteiger charge is -2.22. The zero-order valence-corrected chi connectivity index (χ0v) is 17.2. The van der Waals surface area contributed by atoms with Crippen LogP contribution in [0.3, 0.4) is 0 Å². The number of hydrogen-bond donors (Lipinski definition) is 1. The number of carbonyl (C=O) groups excluding carboxylic acids is 1. The number of thiophene rings is 1. The van der Waals surface area contributed by atoms with Crippen molar-refractivity contribution in [2.24, 2.45) is 0 Å². The molecule has 0 unspecified atom stereocenters. The molecular formula is C19H24N4O3S. The van der Waals surface area contributed by atoms with E-state index in [1.807, 2.05) is 59.1 Å². The number of aromatic nitrogens is 3. The Labute approximate surface area is 162 Å². The highest BCUT2D eigenvalue weighted by Crippen LogP contribution is 2.27. The fraction of sp³-hybridized carbons (Fsp3) is 0.474. The van der Waals surface area contributed by atoms with E-state index in [2.05, 4.69) is 20.4 Å². The summed E-state index contributed by atoms with van der Waals surface area (Å²) in [7, 11) is 0. The number of rotatable bonds is 5. The van der Waals surface area contributed by atoms with Crippen LogP contribution in [0.15, 0.2) is 26.5 Å². The fourth-order valence-corrected chi connectivity index (χ4v) is 3.13. The minimum atomic E-state index is -0.766. The van der Waals surface area contributed by atoms with Crippen molar-refractivity contribution in [2.75, 3.05) is 0 Å². The summed E-state index contributed by atoms with van der Waals surface area (Å²) in [6.45, 7) is 11.5. The monoisotopic (exact) mass is 388 g/mol. The van der Waals surface area contributed by atoms with Crippen LogP contribution in [0.4, 0.5) is 0 Å². The largest absolute Gasteiger partial charge is 0.440 e. The number of carbonyl (C=O) groups is 1. The maximum absolute atomic E-state index is 12.6. The molecule has 0 bridgehead atoms. The quantitative estimate of drug-likeness (QED) is 0.710. The molecule has 0 saturated carbocycles. The van der Waals surface area contributed by atoms with Gasteiger partial charge in [0.25, 0.3) is 0 Å². The van der Waals surface area contributed by atoms with Crippen molar-refractivity contribution in [1.82, 2.24) is 20.4 Å². The van der Waals surface area contributed by atoms with E-state index in [-0.39, 0.29) is 17.7 Å². The highest BCUT2D eigenvalue weighted by Gasteiger charge is 2.31. The molecule has 3 aromatic rings. The van der Waals surface area contributed by atoms with Gasteiger partial charge in [-0.05, 0) is 32.2 Å². The van der Waals surface area contributed by atoms with Crippen LogP contribution in [0.1, 0.15) is 57.8 Å². The van der Waals surface area contributed by atoms with Crippen molar-refractivity contribution in [3.8, 4) is 10.8 Å². The normalized spacial score (nSPS) is 12.4. The van der Waals surface area contributed by atoms with Gasteiger partial charge in [0.1, 0.15) is 5.76 Å². The number of aryl methyl sites for hydroxylation is 1. The first kappa shape index (κ1) is 19.3. The lowest BCUT2D eigenvalue weighted by molar-refractivity contribution is -0.122. The summed E-state index contributed by atoms with van der Waals surface area (Å²) in [5.74, 6) is 1.97. The van der Waals surface area contributed by atoms with Crippen molar-refractivity contribution in [3.63, 3.8) is 0 Å². The van der Waals surface area contributed by atoms with E-state index in [0.717, 1.165) is 4.88 Å². The molecule has 0 spiro atoms. The molecule has 3 heterocycles. The van der Waals surface area contributed by atoms with Crippen LogP contribution in [0.25, 0.3) is 10.8 Å². The molecule has 1 amide bonds. The summed E-state index contributed by atoms with van der Waals surface area (Å²) in [6, 6.07) is 3.87. The van der Waals surface area contributed by atoms with E-state index in [9.17, 15) is 4.79 Å². The molecule has 3 rings (SSSR count). The number of nitrogens with zero attached hydrogens (tertiary/aromatic N) is 3. The molecule has 0 aliphatic carbocycles. The van der Waals surface area contributed by atoms with E-state index in [1.165, 1.54) is 0 Å². The summed E-state index contributed by atoms with van der Waals surface area (Å²) in [5.41, 5.74) is -0.394. The molecule has 0 aromatic carbocycles. The highest BCUT2D eigenvalue weighted by molar-refractivity contribution is 7.13. The summed E-state index contributed by atoms with van der Waals surface area (Å²) in [5, 5.41) is 8.95. The summed E-state index contributed by atoms with van der Waals surface area (Å²) in [6.07, 6.45) is 0.119. The lowest BCUT2D eigenvalue weighted by atomic mass is 9.97. The average molecular weight is 388 g/mol. The van der Waals surface area contributed by atoms with Crippen molar-refractivity contribution < 1.29 is 13.7 Å². The molecule has 7 nitrogen and oxygen atoms in total. The SMILES string of the molecule is Cc1oc(-c2cccs2)nc1CC(=O)NC(C)(C)c1noc(C(C)(C)C)n1. The second-order valence-electron chi connectivity index (χ2n) is 8.02. The fourth-order valence-electron chi connectivity index (χ4n) is 2.48. The molecule has 0 radical (unpaired) electrons. The van der Waals surface area contributed by atoms with Crippen molar-refractivity contribution in [2.45, 2.75) is 58.9 Å². The van der Waals surface area contributed by atoms with Gasteiger partial charge in [-0.1, -0.05) is 32.0 Å². The number of hydrogen-bond acceptors (Lipinski definition) is 7. The molecule has 3 aromatic heterocycles. The van der Waals surface area contributed by atoms with Gasteiger partial charge in [0.15, 0.2) is 5.82 Å². The maximum Gasteiger partial charge on any atom is 0.236 e. The minimum absolute atomic E-state index is 0.119. The molecule has 1 N–H and O–H groups in total. The van der Waals surface area contributed by atoms with E-state index >= 15 is 0 Å².